The molecule has 0 spiro atoms. The molecule has 2 aliphatic rings. The highest BCUT2D eigenvalue weighted by atomic mass is 15.3. The molecule has 0 bridgehead atoms. The van der Waals surface area contributed by atoms with Gasteiger partial charge < -0.3 is 10.2 Å². The van der Waals surface area contributed by atoms with Gasteiger partial charge in [-0.1, -0.05) is 6.42 Å². The Morgan fingerprint density at radius 2 is 1.95 bits per heavy atom. The van der Waals surface area contributed by atoms with Crippen molar-refractivity contribution in [2.45, 2.75) is 44.7 Å². The van der Waals surface area contributed by atoms with Gasteiger partial charge in [0.1, 0.15) is 0 Å². The van der Waals surface area contributed by atoms with Crippen LogP contribution >= 0.6 is 0 Å². The van der Waals surface area contributed by atoms with Gasteiger partial charge in [-0.05, 0) is 38.8 Å². The van der Waals surface area contributed by atoms with Gasteiger partial charge in [0, 0.05) is 50.7 Å². The molecule has 1 aromatic heterocycles. The standard InChI is InChI=1S/C16H27N5/c1-14(13-15-5-2-3-6-17-15)20-9-11-21(12-10-20)16-18-7-4-8-19-16/h4,7-8,14-15,17H,2-3,5-6,9-13H2,1H3. The van der Waals surface area contributed by atoms with E-state index in [0.717, 1.165) is 38.2 Å². The summed E-state index contributed by atoms with van der Waals surface area (Å²) in [5.41, 5.74) is 0. The Labute approximate surface area is 127 Å². The lowest BCUT2D eigenvalue weighted by molar-refractivity contribution is 0.170. The summed E-state index contributed by atoms with van der Waals surface area (Å²) in [6.07, 6.45) is 9.02. The lowest BCUT2D eigenvalue weighted by Gasteiger charge is -2.39. The monoisotopic (exact) mass is 289 g/mol. The van der Waals surface area contributed by atoms with Gasteiger partial charge in [-0.2, -0.15) is 0 Å². The van der Waals surface area contributed by atoms with Crippen molar-refractivity contribution in [1.82, 2.24) is 20.2 Å². The number of hydrogen-bond donors (Lipinski definition) is 1. The van der Waals surface area contributed by atoms with Crippen molar-refractivity contribution in [3.63, 3.8) is 0 Å². The number of nitrogens with one attached hydrogen (secondary N) is 1. The van der Waals surface area contributed by atoms with Gasteiger partial charge in [-0.3, -0.25) is 4.90 Å². The second-order valence-corrected chi connectivity index (χ2v) is 6.30. The maximum atomic E-state index is 4.35. The number of hydrogen-bond acceptors (Lipinski definition) is 5. The van der Waals surface area contributed by atoms with Gasteiger partial charge >= 0.3 is 0 Å². The van der Waals surface area contributed by atoms with E-state index in [1.54, 1.807) is 0 Å². The fourth-order valence-corrected chi connectivity index (χ4v) is 3.50. The summed E-state index contributed by atoms with van der Waals surface area (Å²) >= 11 is 0. The zero-order chi connectivity index (χ0) is 14.5. The zero-order valence-corrected chi connectivity index (χ0v) is 13.0. The molecule has 1 aromatic rings. The van der Waals surface area contributed by atoms with Crippen LogP contribution in [0.1, 0.15) is 32.6 Å². The average Bonchev–Trinajstić information content (AvgIpc) is 2.57. The molecule has 1 N–H and O–H groups in total. The minimum absolute atomic E-state index is 0.666. The minimum atomic E-state index is 0.666. The Bertz CT molecular complexity index is 410. The summed E-state index contributed by atoms with van der Waals surface area (Å²) in [5, 5.41) is 3.67. The van der Waals surface area contributed by atoms with E-state index in [4.69, 9.17) is 0 Å². The zero-order valence-electron chi connectivity index (χ0n) is 13.0. The molecular formula is C16H27N5. The molecule has 2 aliphatic heterocycles. The quantitative estimate of drug-likeness (QED) is 0.910. The van der Waals surface area contributed by atoms with E-state index < -0.39 is 0 Å². The molecule has 3 rings (SSSR count). The van der Waals surface area contributed by atoms with E-state index in [2.05, 4.69) is 32.0 Å². The van der Waals surface area contributed by atoms with Crippen LogP contribution in [0.25, 0.3) is 0 Å². The van der Waals surface area contributed by atoms with E-state index in [1.165, 1.54) is 32.2 Å². The Balaban J connectivity index is 1.46. The molecule has 0 aromatic carbocycles. The molecule has 2 atom stereocenters. The van der Waals surface area contributed by atoms with Crippen LogP contribution in [-0.4, -0.2) is 59.7 Å². The van der Waals surface area contributed by atoms with Gasteiger partial charge in [0.25, 0.3) is 0 Å². The van der Waals surface area contributed by atoms with Crippen LogP contribution in [0.2, 0.25) is 0 Å². The molecule has 21 heavy (non-hydrogen) atoms. The van der Waals surface area contributed by atoms with Gasteiger partial charge in [0.15, 0.2) is 0 Å². The van der Waals surface area contributed by atoms with Gasteiger partial charge in [-0.15, -0.1) is 0 Å². The third-order valence-electron chi connectivity index (χ3n) is 4.81. The molecule has 116 valence electrons. The normalized spacial score (nSPS) is 25.8. The molecule has 0 aliphatic carbocycles. The highest BCUT2D eigenvalue weighted by molar-refractivity contribution is 5.29. The van der Waals surface area contributed by atoms with Crippen molar-refractivity contribution < 1.29 is 0 Å². The highest BCUT2D eigenvalue weighted by Gasteiger charge is 2.24. The average molecular weight is 289 g/mol. The van der Waals surface area contributed by atoms with Crippen molar-refractivity contribution in [2.75, 3.05) is 37.6 Å². The summed E-state index contributed by atoms with van der Waals surface area (Å²) < 4.78 is 0. The lowest BCUT2D eigenvalue weighted by Crippen LogP contribution is -2.51. The van der Waals surface area contributed by atoms with Crippen molar-refractivity contribution >= 4 is 5.95 Å². The van der Waals surface area contributed by atoms with Gasteiger partial charge in [0.2, 0.25) is 5.95 Å². The Kier molecular flexibility index (Phi) is 5.04. The number of nitrogens with zero attached hydrogens (tertiary/aromatic N) is 4. The molecule has 2 fully saturated rings. The van der Waals surface area contributed by atoms with Crippen molar-refractivity contribution in [3.8, 4) is 0 Å². The Morgan fingerprint density at radius 3 is 2.62 bits per heavy atom. The fourth-order valence-electron chi connectivity index (χ4n) is 3.50. The fraction of sp³-hybridized carbons (Fsp3) is 0.750. The lowest BCUT2D eigenvalue weighted by atomic mass is 9.98. The van der Waals surface area contributed by atoms with Crippen molar-refractivity contribution in [1.29, 1.82) is 0 Å². The summed E-state index contributed by atoms with van der Waals surface area (Å²) in [6.45, 7) is 7.89. The molecule has 5 nitrogen and oxygen atoms in total. The number of piperidine rings is 1. The summed E-state index contributed by atoms with van der Waals surface area (Å²) in [4.78, 5) is 13.6. The van der Waals surface area contributed by atoms with Crippen LogP contribution < -0.4 is 10.2 Å². The van der Waals surface area contributed by atoms with Crippen LogP contribution in [0.3, 0.4) is 0 Å². The maximum Gasteiger partial charge on any atom is 0.225 e. The minimum Gasteiger partial charge on any atom is -0.338 e. The smallest absolute Gasteiger partial charge is 0.225 e. The number of anilines is 1. The third-order valence-corrected chi connectivity index (χ3v) is 4.81. The summed E-state index contributed by atoms with van der Waals surface area (Å²) in [5.74, 6) is 0.874. The SMILES string of the molecule is CC(CC1CCCCN1)N1CCN(c2ncccn2)CC1. The maximum absolute atomic E-state index is 4.35. The van der Waals surface area contributed by atoms with E-state index in [1.807, 2.05) is 18.5 Å². The van der Waals surface area contributed by atoms with E-state index in [9.17, 15) is 0 Å². The molecular weight excluding hydrogens is 262 g/mol. The Hall–Kier alpha value is -1.20. The molecule has 3 heterocycles. The van der Waals surface area contributed by atoms with Crippen LogP contribution in [0.15, 0.2) is 18.5 Å². The summed E-state index contributed by atoms with van der Waals surface area (Å²) in [7, 11) is 0. The molecule has 5 heteroatoms. The summed E-state index contributed by atoms with van der Waals surface area (Å²) in [6, 6.07) is 3.27. The van der Waals surface area contributed by atoms with Crippen molar-refractivity contribution in [2.24, 2.45) is 0 Å². The van der Waals surface area contributed by atoms with Crippen molar-refractivity contribution in [3.05, 3.63) is 18.5 Å². The molecule has 0 amide bonds. The molecule has 2 unspecified atom stereocenters. The number of piperazine rings is 1. The first kappa shape index (κ1) is 14.7. The second-order valence-electron chi connectivity index (χ2n) is 6.30. The highest BCUT2D eigenvalue weighted by Crippen LogP contribution is 2.17. The van der Waals surface area contributed by atoms with Crippen LogP contribution in [0.4, 0.5) is 5.95 Å². The van der Waals surface area contributed by atoms with Crippen LogP contribution in [-0.2, 0) is 0 Å². The number of rotatable bonds is 4. The molecule has 2 saturated heterocycles. The Morgan fingerprint density at radius 1 is 1.19 bits per heavy atom. The van der Waals surface area contributed by atoms with Crippen LogP contribution in [0, 0.1) is 0 Å². The first-order valence-electron chi connectivity index (χ1n) is 8.32. The predicted octanol–water partition coefficient (Wildman–Crippen LogP) is 1.52. The molecule has 0 saturated carbocycles. The van der Waals surface area contributed by atoms with Gasteiger partial charge in [-0.25, -0.2) is 9.97 Å². The van der Waals surface area contributed by atoms with E-state index in [-0.39, 0.29) is 0 Å². The van der Waals surface area contributed by atoms with E-state index in [0.29, 0.717) is 6.04 Å². The van der Waals surface area contributed by atoms with E-state index >= 15 is 0 Å². The first-order chi connectivity index (χ1) is 10.3. The first-order valence-corrected chi connectivity index (χ1v) is 8.32. The van der Waals surface area contributed by atoms with Gasteiger partial charge in [0.05, 0.1) is 0 Å². The second kappa shape index (κ2) is 7.18. The predicted molar refractivity (Wildman–Crippen MR) is 85.5 cm³/mol. The topological polar surface area (TPSA) is 44.3 Å². The number of aromatic nitrogens is 2. The van der Waals surface area contributed by atoms with Crippen LogP contribution in [0.5, 0.6) is 0 Å². The molecule has 0 radical (unpaired) electrons. The third kappa shape index (κ3) is 3.92. The largest absolute Gasteiger partial charge is 0.338 e.